The molecule has 0 saturated carbocycles. The van der Waals surface area contributed by atoms with E-state index < -0.39 is 0 Å². The number of unbranched alkanes of at least 4 members (excludes halogenated alkanes) is 1. The highest BCUT2D eigenvalue weighted by atomic mass is 15.1. The Morgan fingerprint density at radius 1 is 1.20 bits per heavy atom. The van der Waals surface area contributed by atoms with E-state index in [2.05, 4.69) is 56.2 Å². The number of hydrogen-bond acceptors (Lipinski definition) is 1. The van der Waals surface area contributed by atoms with Gasteiger partial charge in [0.1, 0.15) is 0 Å². The van der Waals surface area contributed by atoms with Gasteiger partial charge in [0, 0.05) is 24.4 Å². The van der Waals surface area contributed by atoms with Gasteiger partial charge in [-0.2, -0.15) is 0 Å². The molecule has 0 spiro atoms. The topological polar surface area (TPSA) is 3.24 Å². The number of allylic oxidation sites excluding steroid dienone is 5. The lowest BCUT2D eigenvalue weighted by Gasteiger charge is -2.25. The summed E-state index contributed by atoms with van der Waals surface area (Å²) in [6, 6.07) is 0. The van der Waals surface area contributed by atoms with Gasteiger partial charge in [-0.05, 0) is 25.5 Å². The van der Waals surface area contributed by atoms with Crippen LogP contribution in [0, 0.1) is 5.92 Å². The van der Waals surface area contributed by atoms with Crippen LogP contribution >= 0.6 is 0 Å². The Morgan fingerprint density at radius 2 is 2.00 bits per heavy atom. The van der Waals surface area contributed by atoms with Gasteiger partial charge in [0.05, 0.1) is 0 Å². The summed E-state index contributed by atoms with van der Waals surface area (Å²) in [5, 5.41) is 0. The Kier molecular flexibility index (Phi) is 5.23. The van der Waals surface area contributed by atoms with E-state index >= 15 is 0 Å². The van der Waals surface area contributed by atoms with E-state index in [0.717, 1.165) is 6.54 Å². The van der Waals surface area contributed by atoms with Gasteiger partial charge in [-0.3, -0.25) is 0 Å². The monoisotopic (exact) mass is 204 g/mol. The molecule has 0 unspecified atom stereocenters. The van der Waals surface area contributed by atoms with E-state index in [-0.39, 0.29) is 0 Å². The molecule has 0 bridgehead atoms. The molecule has 1 radical (unpaired) electrons. The molecule has 0 atom stereocenters. The predicted octanol–water partition coefficient (Wildman–Crippen LogP) is 4.06. The smallest absolute Gasteiger partial charge is 0.0242 e. The van der Waals surface area contributed by atoms with Crippen molar-refractivity contribution in [3.05, 3.63) is 42.1 Å². The van der Waals surface area contributed by atoms with Crippen molar-refractivity contribution in [2.24, 2.45) is 0 Å². The predicted molar refractivity (Wildman–Crippen MR) is 67.2 cm³/mol. The van der Waals surface area contributed by atoms with Crippen LogP contribution in [0.15, 0.2) is 36.2 Å². The second-order valence-corrected chi connectivity index (χ2v) is 3.95. The van der Waals surface area contributed by atoms with E-state index in [1.165, 1.54) is 30.9 Å². The average molecular weight is 204 g/mol. The van der Waals surface area contributed by atoms with Crippen LogP contribution < -0.4 is 0 Å². The first-order chi connectivity index (χ1) is 7.29. The molecule has 1 heteroatoms. The molecular weight excluding hydrogens is 182 g/mol. The van der Waals surface area contributed by atoms with Gasteiger partial charge >= 0.3 is 0 Å². The first-order valence-electron chi connectivity index (χ1n) is 5.94. The molecule has 0 aromatic heterocycles. The van der Waals surface area contributed by atoms with E-state index in [0.29, 0.717) is 0 Å². The molecule has 0 amide bonds. The van der Waals surface area contributed by atoms with Gasteiger partial charge in [0.25, 0.3) is 0 Å². The maximum atomic E-state index is 2.31. The molecule has 0 fully saturated rings. The lowest BCUT2D eigenvalue weighted by atomic mass is 9.99. The van der Waals surface area contributed by atoms with E-state index in [4.69, 9.17) is 0 Å². The summed E-state index contributed by atoms with van der Waals surface area (Å²) in [5.41, 5.74) is 1.37. The molecular formula is C14H22N. The van der Waals surface area contributed by atoms with Crippen molar-refractivity contribution in [3.63, 3.8) is 0 Å². The summed E-state index contributed by atoms with van der Waals surface area (Å²) in [5.74, 6) is 1.50. The van der Waals surface area contributed by atoms with Crippen LogP contribution in [-0.4, -0.2) is 11.4 Å². The van der Waals surface area contributed by atoms with Crippen LogP contribution in [-0.2, 0) is 0 Å². The molecule has 1 aliphatic rings. The molecule has 1 aliphatic heterocycles. The van der Waals surface area contributed by atoms with Crippen LogP contribution in [0.1, 0.15) is 40.0 Å². The van der Waals surface area contributed by atoms with Crippen molar-refractivity contribution in [1.29, 1.82) is 0 Å². The highest BCUT2D eigenvalue weighted by molar-refractivity contribution is 5.31. The number of rotatable bonds is 5. The zero-order chi connectivity index (χ0) is 11.1. The van der Waals surface area contributed by atoms with Gasteiger partial charge in [0.15, 0.2) is 0 Å². The third-order valence-corrected chi connectivity index (χ3v) is 2.74. The first-order valence-corrected chi connectivity index (χ1v) is 5.94. The Labute approximate surface area is 94.2 Å². The minimum atomic E-state index is 1.04. The SMILES string of the molecule is CCCC[C](C)C1=CC=CC=CN1CC. The van der Waals surface area contributed by atoms with Crippen molar-refractivity contribution in [3.8, 4) is 0 Å². The Bertz CT molecular complexity index is 261. The lowest BCUT2D eigenvalue weighted by Crippen LogP contribution is -2.19. The summed E-state index contributed by atoms with van der Waals surface area (Å²) < 4.78 is 0. The van der Waals surface area contributed by atoms with E-state index in [9.17, 15) is 0 Å². The standard InChI is InChI=1S/C14H22N/c1-4-6-10-13(3)14-11-8-7-9-12-15(14)5-2/h7-9,11-12H,4-6,10H2,1-3H3. The largest absolute Gasteiger partial charge is 0.351 e. The first kappa shape index (κ1) is 12.1. The zero-order valence-electron chi connectivity index (χ0n) is 10.2. The average Bonchev–Trinajstić information content (AvgIpc) is 2.50. The fourth-order valence-corrected chi connectivity index (χ4v) is 1.77. The van der Waals surface area contributed by atoms with Crippen molar-refractivity contribution in [1.82, 2.24) is 4.90 Å². The molecule has 0 aliphatic carbocycles. The van der Waals surface area contributed by atoms with Crippen LogP contribution in [0.3, 0.4) is 0 Å². The molecule has 83 valence electrons. The third-order valence-electron chi connectivity index (χ3n) is 2.74. The molecule has 0 aromatic carbocycles. The summed E-state index contributed by atoms with van der Waals surface area (Å²) in [6.45, 7) is 7.72. The fourth-order valence-electron chi connectivity index (χ4n) is 1.77. The van der Waals surface area contributed by atoms with Gasteiger partial charge in [-0.25, -0.2) is 0 Å². The zero-order valence-corrected chi connectivity index (χ0v) is 10.2. The third kappa shape index (κ3) is 3.58. The van der Waals surface area contributed by atoms with E-state index in [1.807, 2.05) is 0 Å². The maximum Gasteiger partial charge on any atom is 0.0242 e. The molecule has 15 heavy (non-hydrogen) atoms. The normalized spacial score (nSPS) is 15.7. The fraction of sp³-hybridized carbons (Fsp3) is 0.500. The Morgan fingerprint density at radius 3 is 2.67 bits per heavy atom. The Balaban J connectivity index is 2.67. The van der Waals surface area contributed by atoms with Crippen molar-refractivity contribution < 1.29 is 0 Å². The molecule has 1 nitrogen and oxygen atoms in total. The summed E-state index contributed by atoms with van der Waals surface area (Å²) in [7, 11) is 0. The van der Waals surface area contributed by atoms with Gasteiger partial charge in [-0.15, -0.1) is 0 Å². The summed E-state index contributed by atoms with van der Waals surface area (Å²) in [6.07, 6.45) is 14.4. The van der Waals surface area contributed by atoms with Crippen LogP contribution in [0.25, 0.3) is 0 Å². The number of hydrogen-bond donors (Lipinski definition) is 0. The van der Waals surface area contributed by atoms with Crippen LogP contribution in [0.2, 0.25) is 0 Å². The second kappa shape index (κ2) is 6.49. The van der Waals surface area contributed by atoms with Crippen molar-refractivity contribution >= 4 is 0 Å². The molecule has 1 heterocycles. The lowest BCUT2D eigenvalue weighted by molar-refractivity contribution is 0.475. The van der Waals surface area contributed by atoms with Crippen molar-refractivity contribution in [2.75, 3.05) is 6.54 Å². The summed E-state index contributed by atoms with van der Waals surface area (Å²) >= 11 is 0. The molecule has 0 saturated heterocycles. The van der Waals surface area contributed by atoms with Gasteiger partial charge < -0.3 is 4.90 Å². The van der Waals surface area contributed by atoms with E-state index in [1.54, 1.807) is 0 Å². The minimum Gasteiger partial charge on any atom is -0.351 e. The van der Waals surface area contributed by atoms with Gasteiger partial charge in [-0.1, -0.05) is 38.8 Å². The quantitative estimate of drug-likeness (QED) is 0.652. The van der Waals surface area contributed by atoms with Crippen LogP contribution in [0.4, 0.5) is 0 Å². The number of nitrogens with zero attached hydrogens (tertiary/aromatic N) is 1. The summed E-state index contributed by atoms with van der Waals surface area (Å²) in [4.78, 5) is 2.31. The Hall–Kier alpha value is -0.980. The highest BCUT2D eigenvalue weighted by Gasteiger charge is 2.13. The molecule has 0 N–H and O–H groups in total. The van der Waals surface area contributed by atoms with Crippen molar-refractivity contribution in [2.45, 2.75) is 40.0 Å². The molecule has 0 aromatic rings. The minimum absolute atomic E-state index is 1.04. The molecule has 1 rings (SSSR count). The second-order valence-electron chi connectivity index (χ2n) is 3.95. The highest BCUT2D eigenvalue weighted by Crippen LogP contribution is 2.24. The van der Waals surface area contributed by atoms with Crippen LogP contribution in [0.5, 0.6) is 0 Å². The van der Waals surface area contributed by atoms with Gasteiger partial charge in [0.2, 0.25) is 0 Å². The maximum absolute atomic E-state index is 2.31.